The standard InChI is InChI=1S/C30H35Cl2N3O2/c1-20-5-7-23(8-6-20)21(2)33-30(36)22(3)37-29-10-9-24(25-16-27(31)18-28(32)17-25)15-26(29)19-35-13-11-34(4)12-14-35/h5-10,15-18,21-22H,11-14,19H2,1-4H3,(H,33,36)/t21-,22?/m1/s1. The largest absolute Gasteiger partial charge is 0.481 e. The molecule has 0 aromatic heterocycles. The van der Waals surface area contributed by atoms with Crippen molar-refractivity contribution in [3.8, 4) is 16.9 Å². The van der Waals surface area contributed by atoms with E-state index in [1.807, 2.05) is 43.3 Å². The van der Waals surface area contributed by atoms with Crippen LogP contribution in [0.5, 0.6) is 5.75 Å². The molecular weight excluding hydrogens is 505 g/mol. The van der Waals surface area contributed by atoms with E-state index in [4.69, 9.17) is 27.9 Å². The second-order valence-corrected chi connectivity index (χ2v) is 10.8. The summed E-state index contributed by atoms with van der Waals surface area (Å²) in [6.45, 7) is 10.6. The minimum Gasteiger partial charge on any atom is -0.481 e. The highest BCUT2D eigenvalue weighted by atomic mass is 35.5. The smallest absolute Gasteiger partial charge is 0.261 e. The summed E-state index contributed by atoms with van der Waals surface area (Å²) in [4.78, 5) is 17.8. The molecule has 196 valence electrons. The van der Waals surface area contributed by atoms with Gasteiger partial charge in [0.2, 0.25) is 0 Å². The molecule has 1 unspecified atom stereocenters. The molecule has 0 bridgehead atoms. The minimum atomic E-state index is -0.648. The highest BCUT2D eigenvalue weighted by molar-refractivity contribution is 6.35. The van der Waals surface area contributed by atoms with Gasteiger partial charge >= 0.3 is 0 Å². The molecule has 5 nitrogen and oxygen atoms in total. The molecule has 1 aliphatic heterocycles. The van der Waals surface area contributed by atoms with Crippen molar-refractivity contribution in [2.75, 3.05) is 33.2 Å². The fourth-order valence-electron chi connectivity index (χ4n) is 4.48. The summed E-state index contributed by atoms with van der Waals surface area (Å²) >= 11 is 12.5. The van der Waals surface area contributed by atoms with Gasteiger partial charge in [-0.3, -0.25) is 9.69 Å². The number of aryl methyl sites for hydroxylation is 1. The van der Waals surface area contributed by atoms with Crippen LogP contribution in [-0.4, -0.2) is 55.0 Å². The maximum absolute atomic E-state index is 13.0. The third kappa shape index (κ3) is 7.48. The lowest BCUT2D eigenvalue weighted by atomic mass is 10.0. The van der Waals surface area contributed by atoms with Gasteiger partial charge in [0, 0.05) is 48.3 Å². The Bertz CT molecular complexity index is 1200. The summed E-state index contributed by atoms with van der Waals surface area (Å²) < 4.78 is 6.26. The van der Waals surface area contributed by atoms with Crippen LogP contribution in [0.3, 0.4) is 0 Å². The normalized spacial score (nSPS) is 16.3. The number of likely N-dealkylation sites (N-methyl/N-ethyl adjacent to an activating group) is 1. The predicted molar refractivity (Wildman–Crippen MR) is 152 cm³/mol. The van der Waals surface area contributed by atoms with Gasteiger partial charge in [0.25, 0.3) is 5.91 Å². The molecule has 0 spiro atoms. The van der Waals surface area contributed by atoms with Gasteiger partial charge in [-0.25, -0.2) is 0 Å². The molecular formula is C30H35Cl2N3O2. The molecule has 1 aliphatic rings. The van der Waals surface area contributed by atoms with Gasteiger partial charge in [-0.2, -0.15) is 0 Å². The molecule has 1 heterocycles. The number of hydrogen-bond acceptors (Lipinski definition) is 4. The second-order valence-electron chi connectivity index (χ2n) is 9.96. The number of amides is 1. The number of ether oxygens (including phenoxy) is 1. The zero-order valence-corrected chi connectivity index (χ0v) is 23.4. The summed E-state index contributed by atoms with van der Waals surface area (Å²) in [5, 5.41) is 4.27. The molecule has 0 saturated carbocycles. The zero-order valence-electron chi connectivity index (χ0n) is 21.9. The lowest BCUT2D eigenvalue weighted by Gasteiger charge is -2.33. The fraction of sp³-hybridized carbons (Fsp3) is 0.367. The van der Waals surface area contributed by atoms with Crippen molar-refractivity contribution in [2.45, 2.75) is 39.5 Å². The number of hydrogen-bond donors (Lipinski definition) is 1. The maximum atomic E-state index is 13.0. The van der Waals surface area contributed by atoms with E-state index < -0.39 is 6.10 Å². The van der Waals surface area contributed by atoms with E-state index in [1.54, 1.807) is 13.0 Å². The fourth-order valence-corrected chi connectivity index (χ4v) is 5.00. The van der Waals surface area contributed by atoms with Crippen molar-refractivity contribution < 1.29 is 9.53 Å². The predicted octanol–water partition coefficient (Wildman–Crippen LogP) is 6.36. The first-order chi connectivity index (χ1) is 17.7. The SMILES string of the molecule is Cc1ccc([C@@H](C)NC(=O)C(C)Oc2ccc(-c3cc(Cl)cc(Cl)c3)cc2CN2CCN(C)CC2)cc1. The van der Waals surface area contributed by atoms with Crippen molar-refractivity contribution in [1.82, 2.24) is 15.1 Å². The van der Waals surface area contributed by atoms with Gasteiger partial charge < -0.3 is 15.0 Å². The lowest BCUT2D eigenvalue weighted by molar-refractivity contribution is -0.127. The Morgan fingerprint density at radius 1 is 0.919 bits per heavy atom. The van der Waals surface area contributed by atoms with Crippen LogP contribution in [-0.2, 0) is 11.3 Å². The molecule has 1 N–H and O–H groups in total. The van der Waals surface area contributed by atoms with Crippen LogP contribution >= 0.6 is 23.2 Å². The van der Waals surface area contributed by atoms with Crippen LogP contribution in [0.1, 0.15) is 36.6 Å². The molecule has 3 aromatic rings. The van der Waals surface area contributed by atoms with Crippen molar-refractivity contribution in [2.24, 2.45) is 0 Å². The van der Waals surface area contributed by atoms with Crippen LogP contribution in [0.25, 0.3) is 11.1 Å². The lowest BCUT2D eigenvalue weighted by Crippen LogP contribution is -2.44. The molecule has 7 heteroatoms. The highest BCUT2D eigenvalue weighted by Crippen LogP contribution is 2.32. The highest BCUT2D eigenvalue weighted by Gasteiger charge is 2.21. The third-order valence-electron chi connectivity index (χ3n) is 6.86. The van der Waals surface area contributed by atoms with Gasteiger partial charge in [0.1, 0.15) is 5.75 Å². The molecule has 1 amide bonds. The van der Waals surface area contributed by atoms with Gasteiger partial charge in [-0.15, -0.1) is 0 Å². The summed E-state index contributed by atoms with van der Waals surface area (Å²) in [5.41, 5.74) is 5.23. The Morgan fingerprint density at radius 2 is 1.57 bits per heavy atom. The Kier molecular flexibility index (Phi) is 9.14. The molecule has 37 heavy (non-hydrogen) atoms. The number of carbonyl (C=O) groups is 1. The number of piperazine rings is 1. The number of nitrogens with one attached hydrogen (secondary N) is 1. The maximum Gasteiger partial charge on any atom is 0.261 e. The Labute approximate surface area is 230 Å². The van der Waals surface area contributed by atoms with E-state index in [2.05, 4.69) is 47.3 Å². The van der Waals surface area contributed by atoms with Crippen LogP contribution < -0.4 is 10.1 Å². The van der Waals surface area contributed by atoms with Crippen LogP contribution in [0.15, 0.2) is 60.7 Å². The van der Waals surface area contributed by atoms with Gasteiger partial charge in [-0.05, 0) is 74.8 Å². The van der Waals surface area contributed by atoms with Gasteiger partial charge in [-0.1, -0.05) is 59.1 Å². The number of nitrogens with zero attached hydrogens (tertiary/aromatic N) is 2. The molecule has 4 rings (SSSR count). The van der Waals surface area contributed by atoms with E-state index in [1.165, 1.54) is 5.56 Å². The van der Waals surface area contributed by atoms with E-state index >= 15 is 0 Å². The van der Waals surface area contributed by atoms with Crippen LogP contribution in [0.4, 0.5) is 0 Å². The number of benzene rings is 3. The van der Waals surface area contributed by atoms with Gasteiger partial charge in [0.05, 0.1) is 6.04 Å². The summed E-state index contributed by atoms with van der Waals surface area (Å²) in [7, 11) is 2.15. The topological polar surface area (TPSA) is 44.8 Å². The molecule has 2 atom stereocenters. The van der Waals surface area contributed by atoms with E-state index in [0.29, 0.717) is 15.8 Å². The molecule has 3 aromatic carbocycles. The van der Waals surface area contributed by atoms with Crippen molar-refractivity contribution in [3.05, 3.63) is 87.4 Å². The van der Waals surface area contributed by atoms with Crippen LogP contribution in [0.2, 0.25) is 10.0 Å². The average Bonchev–Trinajstić information content (AvgIpc) is 2.86. The first-order valence-electron chi connectivity index (χ1n) is 12.7. The van der Waals surface area contributed by atoms with E-state index in [-0.39, 0.29) is 11.9 Å². The Balaban J connectivity index is 1.53. The minimum absolute atomic E-state index is 0.112. The van der Waals surface area contributed by atoms with E-state index in [9.17, 15) is 4.79 Å². The van der Waals surface area contributed by atoms with Crippen molar-refractivity contribution in [1.29, 1.82) is 0 Å². The number of halogens is 2. The summed E-state index contributed by atoms with van der Waals surface area (Å²) in [5.74, 6) is 0.561. The van der Waals surface area contributed by atoms with Crippen molar-refractivity contribution >= 4 is 29.1 Å². The number of carbonyl (C=O) groups excluding carboxylic acids is 1. The molecule has 1 fully saturated rings. The van der Waals surface area contributed by atoms with E-state index in [0.717, 1.165) is 55.0 Å². The number of rotatable bonds is 8. The van der Waals surface area contributed by atoms with Crippen LogP contribution in [0, 0.1) is 6.92 Å². The molecule has 1 saturated heterocycles. The average molecular weight is 541 g/mol. The second kappa shape index (κ2) is 12.3. The first-order valence-corrected chi connectivity index (χ1v) is 13.5. The first kappa shape index (κ1) is 27.5. The summed E-state index contributed by atoms with van der Waals surface area (Å²) in [6, 6.07) is 19.7. The van der Waals surface area contributed by atoms with Gasteiger partial charge in [0.15, 0.2) is 6.10 Å². The quantitative estimate of drug-likeness (QED) is 0.361. The Hall–Kier alpha value is -2.57. The third-order valence-corrected chi connectivity index (χ3v) is 7.29. The zero-order chi connectivity index (χ0) is 26.5. The molecule has 0 aliphatic carbocycles. The molecule has 0 radical (unpaired) electrons. The monoisotopic (exact) mass is 539 g/mol. The Morgan fingerprint density at radius 3 is 2.22 bits per heavy atom. The summed E-state index contributed by atoms with van der Waals surface area (Å²) in [6.07, 6.45) is -0.648. The van der Waals surface area contributed by atoms with Crippen molar-refractivity contribution in [3.63, 3.8) is 0 Å².